The predicted octanol–water partition coefficient (Wildman–Crippen LogP) is 2.53. The van der Waals surface area contributed by atoms with Crippen molar-refractivity contribution < 1.29 is 9.59 Å². The normalized spacial score (nSPS) is 10.1. The summed E-state index contributed by atoms with van der Waals surface area (Å²) in [6, 6.07) is 13.5. The second-order valence-corrected chi connectivity index (χ2v) is 6.40. The summed E-state index contributed by atoms with van der Waals surface area (Å²) in [5.74, 6) is -0.408. The number of halogens is 1. The lowest BCUT2D eigenvalue weighted by atomic mass is 10.1. The Morgan fingerprint density at radius 3 is 2.10 bits per heavy atom. The van der Waals surface area contributed by atoms with E-state index in [1.54, 1.807) is 36.4 Å². The largest absolute Gasteiger partial charge is 0.393 e. The third-order valence-electron chi connectivity index (χ3n) is 3.97. The Hall–Kier alpha value is -3.85. The van der Waals surface area contributed by atoms with Crippen LogP contribution < -0.4 is 27.4 Å². The van der Waals surface area contributed by atoms with Crippen LogP contribution in [0, 0.1) is 6.92 Å². The molecular weight excluding hydrogens is 394 g/mol. The molecule has 0 fully saturated rings. The molecule has 0 spiro atoms. The molecule has 0 radical (unpaired) electrons. The van der Waals surface area contributed by atoms with Gasteiger partial charge >= 0.3 is 0 Å². The van der Waals surface area contributed by atoms with Crippen LogP contribution in [0.3, 0.4) is 0 Å². The Labute approximate surface area is 171 Å². The quantitative estimate of drug-likeness (QED) is 0.393. The number of rotatable bonds is 6. The molecule has 0 aliphatic rings. The molecule has 0 unspecified atom stereocenters. The fourth-order valence-electron chi connectivity index (χ4n) is 2.40. The van der Waals surface area contributed by atoms with Gasteiger partial charge in [-0.3, -0.25) is 31.3 Å². The minimum atomic E-state index is -0.401. The number of hydrogen-bond donors (Lipinski definition) is 5. The van der Waals surface area contributed by atoms with Crippen molar-refractivity contribution in [3.05, 3.63) is 76.6 Å². The Morgan fingerprint density at radius 1 is 0.897 bits per heavy atom. The van der Waals surface area contributed by atoms with Crippen molar-refractivity contribution in [2.24, 2.45) is 0 Å². The van der Waals surface area contributed by atoms with Crippen molar-refractivity contribution in [2.45, 2.75) is 6.92 Å². The second-order valence-electron chi connectivity index (χ2n) is 5.96. The van der Waals surface area contributed by atoms with Gasteiger partial charge in [0.25, 0.3) is 11.8 Å². The summed E-state index contributed by atoms with van der Waals surface area (Å²) in [6.45, 7) is 1.83. The second kappa shape index (κ2) is 8.89. The minimum absolute atomic E-state index is 0.106. The van der Waals surface area contributed by atoms with Crippen molar-refractivity contribution in [3.63, 3.8) is 0 Å². The maximum absolute atomic E-state index is 12.3. The first-order valence-electron chi connectivity index (χ1n) is 8.50. The number of carbonyl (C=O) groups is 2. The molecule has 1 heterocycles. The van der Waals surface area contributed by atoms with Crippen LogP contribution in [0.1, 0.15) is 26.3 Å². The van der Waals surface area contributed by atoms with Gasteiger partial charge < -0.3 is 5.73 Å². The molecule has 9 nitrogen and oxygen atoms in total. The van der Waals surface area contributed by atoms with E-state index in [0.717, 1.165) is 5.56 Å². The Bertz CT molecular complexity index is 1040. The average Bonchev–Trinajstić information content (AvgIpc) is 2.72. The van der Waals surface area contributed by atoms with Gasteiger partial charge in [-0.05, 0) is 42.8 Å². The first-order chi connectivity index (χ1) is 14.0. The molecule has 3 rings (SSSR count). The fraction of sp³-hybridized carbons (Fsp3) is 0.0526. The van der Waals surface area contributed by atoms with Crippen molar-refractivity contribution in [1.82, 2.24) is 20.8 Å². The Kier molecular flexibility index (Phi) is 6.10. The summed E-state index contributed by atoms with van der Waals surface area (Å²) >= 11 is 5.81. The van der Waals surface area contributed by atoms with E-state index >= 15 is 0 Å². The molecule has 1 aromatic heterocycles. The Morgan fingerprint density at radius 2 is 1.48 bits per heavy atom. The molecule has 6 N–H and O–H groups in total. The van der Waals surface area contributed by atoms with E-state index in [0.29, 0.717) is 16.1 Å². The van der Waals surface area contributed by atoms with Gasteiger partial charge in [-0.1, -0.05) is 29.8 Å². The molecule has 0 aliphatic carbocycles. The van der Waals surface area contributed by atoms with Crippen molar-refractivity contribution >= 4 is 40.7 Å². The predicted molar refractivity (Wildman–Crippen MR) is 111 cm³/mol. The van der Waals surface area contributed by atoms with Crippen molar-refractivity contribution in [1.29, 1.82) is 0 Å². The zero-order valence-electron chi connectivity index (χ0n) is 15.4. The van der Waals surface area contributed by atoms with Gasteiger partial charge in [-0.2, -0.15) is 0 Å². The van der Waals surface area contributed by atoms with Crippen LogP contribution in [-0.4, -0.2) is 21.8 Å². The number of nitrogens with one attached hydrogen (secondary N) is 4. The summed E-state index contributed by atoms with van der Waals surface area (Å²) in [6.07, 6.45) is 1.23. The summed E-state index contributed by atoms with van der Waals surface area (Å²) in [4.78, 5) is 32.4. The summed E-state index contributed by atoms with van der Waals surface area (Å²) in [5.41, 5.74) is 18.2. The molecule has 10 heteroatoms. The molecule has 148 valence electrons. The van der Waals surface area contributed by atoms with Crippen LogP contribution >= 0.6 is 11.6 Å². The third-order valence-corrected chi connectivity index (χ3v) is 4.22. The number of nitrogen functional groups attached to an aromatic ring is 1. The number of anilines is 3. The van der Waals surface area contributed by atoms with Gasteiger partial charge in [0, 0.05) is 16.1 Å². The van der Waals surface area contributed by atoms with Crippen LogP contribution in [0.15, 0.2) is 54.9 Å². The van der Waals surface area contributed by atoms with Crippen molar-refractivity contribution in [2.75, 3.05) is 16.6 Å². The summed E-state index contributed by atoms with van der Waals surface area (Å²) < 4.78 is 0. The lowest BCUT2D eigenvalue weighted by Crippen LogP contribution is -2.32. The van der Waals surface area contributed by atoms with Gasteiger partial charge in [0.2, 0.25) is 0 Å². The van der Waals surface area contributed by atoms with Crippen LogP contribution in [-0.2, 0) is 0 Å². The molecule has 0 saturated heterocycles. The average molecular weight is 412 g/mol. The molecule has 0 saturated carbocycles. The smallest absolute Gasteiger partial charge is 0.269 e. The topological polar surface area (TPSA) is 134 Å². The molecule has 2 aromatic carbocycles. The first kappa shape index (κ1) is 19.9. The number of hydrogen-bond acceptors (Lipinski definition) is 7. The van der Waals surface area contributed by atoms with E-state index < -0.39 is 5.91 Å². The van der Waals surface area contributed by atoms with Gasteiger partial charge in [-0.25, -0.2) is 9.97 Å². The van der Waals surface area contributed by atoms with E-state index in [1.807, 2.05) is 19.1 Å². The number of nitrogens with zero attached hydrogens (tertiary/aromatic N) is 2. The van der Waals surface area contributed by atoms with E-state index in [2.05, 4.69) is 31.7 Å². The highest BCUT2D eigenvalue weighted by molar-refractivity contribution is 6.30. The van der Waals surface area contributed by atoms with Gasteiger partial charge in [-0.15, -0.1) is 0 Å². The number of hydrazine groups is 2. The number of nitrogens with two attached hydrogens (primary N) is 1. The maximum atomic E-state index is 12.3. The standard InChI is InChI=1S/C19H18ClN7O2/c1-11-4-2-3-5-14(11)19(29)27-25-17-15(21)16(22-10-23-17)24-26-18(28)12-6-8-13(20)9-7-12/h2-10H,21H2,1H3,(H,26,28)(H,27,29)(H2,22,23,24,25). The lowest BCUT2D eigenvalue weighted by molar-refractivity contribution is 0.0954. The molecule has 0 bridgehead atoms. The molecule has 2 amide bonds. The maximum Gasteiger partial charge on any atom is 0.269 e. The summed E-state index contributed by atoms with van der Waals surface area (Å²) in [7, 11) is 0. The highest BCUT2D eigenvalue weighted by atomic mass is 35.5. The van der Waals surface area contributed by atoms with E-state index in [4.69, 9.17) is 17.3 Å². The van der Waals surface area contributed by atoms with Crippen molar-refractivity contribution in [3.8, 4) is 0 Å². The monoisotopic (exact) mass is 411 g/mol. The van der Waals surface area contributed by atoms with E-state index in [1.165, 1.54) is 6.33 Å². The number of benzene rings is 2. The minimum Gasteiger partial charge on any atom is -0.393 e. The molecule has 29 heavy (non-hydrogen) atoms. The van der Waals surface area contributed by atoms with Crippen LogP contribution in [0.2, 0.25) is 5.02 Å². The molecular formula is C19H18ClN7O2. The zero-order valence-corrected chi connectivity index (χ0v) is 16.1. The van der Waals surface area contributed by atoms with E-state index in [-0.39, 0.29) is 23.2 Å². The highest BCUT2D eigenvalue weighted by Gasteiger charge is 2.12. The number of carbonyl (C=O) groups excluding carboxylic acids is 2. The SMILES string of the molecule is Cc1ccccc1C(=O)NNc1ncnc(NNC(=O)c2ccc(Cl)cc2)c1N. The molecule has 0 aliphatic heterocycles. The number of aromatic nitrogens is 2. The molecule has 3 aromatic rings. The summed E-state index contributed by atoms with van der Waals surface area (Å²) in [5, 5.41) is 0.526. The van der Waals surface area contributed by atoms with Crippen LogP contribution in [0.25, 0.3) is 0 Å². The molecule has 0 atom stereocenters. The van der Waals surface area contributed by atoms with Gasteiger partial charge in [0.05, 0.1) is 0 Å². The number of aryl methyl sites for hydroxylation is 1. The lowest BCUT2D eigenvalue weighted by Gasteiger charge is -2.14. The highest BCUT2D eigenvalue weighted by Crippen LogP contribution is 2.21. The van der Waals surface area contributed by atoms with Gasteiger partial charge in [0.1, 0.15) is 12.0 Å². The fourth-order valence-corrected chi connectivity index (χ4v) is 2.52. The van der Waals surface area contributed by atoms with E-state index in [9.17, 15) is 9.59 Å². The first-order valence-corrected chi connectivity index (χ1v) is 8.88. The van der Waals surface area contributed by atoms with Gasteiger partial charge in [0.15, 0.2) is 11.6 Å². The number of amides is 2. The Balaban J connectivity index is 1.63. The van der Waals surface area contributed by atoms with Crippen LogP contribution in [0.4, 0.5) is 17.3 Å². The van der Waals surface area contributed by atoms with Crippen LogP contribution in [0.5, 0.6) is 0 Å². The third kappa shape index (κ3) is 4.90. The zero-order chi connectivity index (χ0) is 20.8.